The van der Waals surface area contributed by atoms with Crippen LogP contribution in [0.25, 0.3) is 0 Å². The van der Waals surface area contributed by atoms with Crippen molar-refractivity contribution < 1.29 is 19.7 Å². The fourth-order valence-electron chi connectivity index (χ4n) is 0.906. The Balaban J connectivity index is 4.13. The van der Waals surface area contributed by atoms with Gasteiger partial charge in [0.2, 0.25) is 0 Å². The summed E-state index contributed by atoms with van der Waals surface area (Å²) in [7, 11) is 0. The van der Waals surface area contributed by atoms with E-state index in [2.05, 4.69) is 5.32 Å². The van der Waals surface area contributed by atoms with Crippen molar-refractivity contribution in [3.8, 4) is 0 Å². The summed E-state index contributed by atoms with van der Waals surface area (Å²) in [5.41, 5.74) is -0.590. The number of hydrogen-bond acceptors (Lipinski definition) is 5. The normalized spacial score (nSPS) is 13.7. The molecule has 0 fully saturated rings. The molecule has 0 aromatic carbocycles. The molecule has 0 aliphatic carbocycles. The minimum atomic E-state index is -1.58. The molecule has 1 unspecified atom stereocenters. The molecular weight excluding hydrogens is 230 g/mol. The summed E-state index contributed by atoms with van der Waals surface area (Å²) in [6.45, 7) is 7.20. The van der Waals surface area contributed by atoms with Gasteiger partial charge in [-0.2, -0.15) is 11.8 Å². The highest BCUT2D eigenvalue weighted by molar-refractivity contribution is 7.99. The van der Waals surface area contributed by atoms with Gasteiger partial charge < -0.3 is 20.3 Å². The summed E-state index contributed by atoms with van der Waals surface area (Å²) < 4.78 is 5.02. The van der Waals surface area contributed by atoms with Crippen LogP contribution in [0, 0.1) is 0 Å². The molecule has 0 radical (unpaired) electrons. The van der Waals surface area contributed by atoms with Crippen LogP contribution < -0.4 is 5.32 Å². The first-order chi connectivity index (χ1) is 7.26. The van der Waals surface area contributed by atoms with Crippen LogP contribution in [-0.4, -0.2) is 45.7 Å². The first kappa shape index (κ1) is 15.5. The van der Waals surface area contributed by atoms with Gasteiger partial charge in [-0.15, -0.1) is 0 Å². The van der Waals surface area contributed by atoms with Crippen molar-refractivity contribution in [2.75, 3.05) is 11.5 Å². The Morgan fingerprint density at radius 2 is 2.00 bits per heavy atom. The van der Waals surface area contributed by atoms with Gasteiger partial charge in [0, 0.05) is 5.75 Å². The van der Waals surface area contributed by atoms with E-state index in [0.29, 0.717) is 5.75 Å². The predicted molar refractivity (Wildman–Crippen MR) is 64.4 cm³/mol. The molecule has 0 aliphatic rings. The summed E-state index contributed by atoms with van der Waals surface area (Å²) in [5, 5.41) is 20.5. The predicted octanol–water partition coefficient (Wildman–Crippen LogP) is 0.943. The Kier molecular flexibility index (Phi) is 6.78. The molecule has 0 aromatic heterocycles. The smallest absolute Gasteiger partial charge is 0.408 e. The number of rotatable bonds is 5. The Morgan fingerprint density at radius 1 is 1.44 bits per heavy atom. The van der Waals surface area contributed by atoms with Crippen molar-refractivity contribution in [1.82, 2.24) is 5.32 Å². The van der Waals surface area contributed by atoms with Gasteiger partial charge in [0.05, 0.1) is 6.04 Å². The highest BCUT2D eigenvalue weighted by Gasteiger charge is 2.22. The molecule has 0 saturated carbocycles. The number of nitrogens with one attached hydrogen (secondary N) is 1. The lowest BCUT2D eigenvalue weighted by atomic mass is 10.2. The second-order valence-electron chi connectivity index (χ2n) is 4.33. The minimum absolute atomic E-state index is 0.438. The van der Waals surface area contributed by atoms with Crippen molar-refractivity contribution in [2.24, 2.45) is 0 Å². The van der Waals surface area contributed by atoms with E-state index >= 15 is 0 Å². The molecule has 0 saturated heterocycles. The molecule has 1 atom stereocenters. The van der Waals surface area contributed by atoms with Gasteiger partial charge in [-0.1, -0.05) is 6.92 Å². The van der Waals surface area contributed by atoms with Gasteiger partial charge in [-0.25, -0.2) is 4.79 Å². The highest BCUT2D eigenvalue weighted by Crippen LogP contribution is 2.09. The lowest BCUT2D eigenvalue weighted by Crippen LogP contribution is -2.47. The molecule has 16 heavy (non-hydrogen) atoms. The molecule has 1 amide bonds. The standard InChI is InChI=1S/C10H21NO4S/c1-5-16-6-7(8(12)13)11-9(14)15-10(2,3)4/h7-8,12-13H,5-6H2,1-4H3,(H,11,14). The monoisotopic (exact) mass is 251 g/mol. The van der Waals surface area contributed by atoms with E-state index in [9.17, 15) is 4.79 Å². The number of amides is 1. The molecule has 5 nitrogen and oxygen atoms in total. The fourth-order valence-corrected chi connectivity index (χ4v) is 1.65. The van der Waals surface area contributed by atoms with Gasteiger partial charge in [0.25, 0.3) is 0 Å². The number of thioether (sulfide) groups is 1. The van der Waals surface area contributed by atoms with Crippen LogP contribution in [0.15, 0.2) is 0 Å². The molecule has 0 aromatic rings. The van der Waals surface area contributed by atoms with Gasteiger partial charge in [-0.05, 0) is 26.5 Å². The summed E-state index contributed by atoms with van der Waals surface area (Å²) in [6.07, 6.45) is -2.21. The molecule has 6 heteroatoms. The van der Waals surface area contributed by atoms with Crippen LogP contribution in [0.4, 0.5) is 4.79 Å². The topological polar surface area (TPSA) is 78.8 Å². The first-order valence-corrected chi connectivity index (χ1v) is 6.35. The number of ether oxygens (including phenoxy) is 1. The van der Waals surface area contributed by atoms with Gasteiger partial charge in [0.1, 0.15) is 5.60 Å². The van der Waals surface area contributed by atoms with Crippen molar-refractivity contribution in [1.29, 1.82) is 0 Å². The average molecular weight is 251 g/mol. The van der Waals surface area contributed by atoms with Crippen LogP contribution in [0.3, 0.4) is 0 Å². The van der Waals surface area contributed by atoms with Crippen LogP contribution in [0.5, 0.6) is 0 Å². The zero-order chi connectivity index (χ0) is 12.8. The zero-order valence-corrected chi connectivity index (χ0v) is 11.0. The van der Waals surface area contributed by atoms with E-state index < -0.39 is 24.0 Å². The van der Waals surface area contributed by atoms with Crippen molar-refractivity contribution in [3.05, 3.63) is 0 Å². The summed E-state index contributed by atoms with van der Waals surface area (Å²) in [5.74, 6) is 1.28. The number of carbonyl (C=O) groups excluding carboxylic acids is 1. The van der Waals surface area contributed by atoms with Crippen LogP contribution in [0.2, 0.25) is 0 Å². The average Bonchev–Trinajstić information content (AvgIpc) is 2.08. The Hall–Kier alpha value is -0.460. The Labute approximate surface area is 101 Å². The lowest BCUT2D eigenvalue weighted by Gasteiger charge is -2.24. The molecule has 96 valence electrons. The van der Waals surface area contributed by atoms with Gasteiger partial charge in [0.15, 0.2) is 6.29 Å². The third-order valence-corrected chi connectivity index (χ3v) is 2.57. The second-order valence-corrected chi connectivity index (χ2v) is 5.64. The van der Waals surface area contributed by atoms with Gasteiger partial charge >= 0.3 is 6.09 Å². The largest absolute Gasteiger partial charge is 0.444 e. The second kappa shape index (κ2) is 6.98. The number of carbonyl (C=O) groups is 1. The third-order valence-electron chi connectivity index (χ3n) is 1.56. The van der Waals surface area contributed by atoms with E-state index in [0.717, 1.165) is 5.75 Å². The number of aliphatic hydroxyl groups excluding tert-OH is 1. The molecule has 0 aliphatic heterocycles. The van der Waals surface area contributed by atoms with Crippen molar-refractivity contribution in [3.63, 3.8) is 0 Å². The van der Waals surface area contributed by atoms with E-state index in [4.69, 9.17) is 14.9 Å². The number of alkyl carbamates (subject to hydrolysis) is 1. The van der Waals surface area contributed by atoms with Crippen molar-refractivity contribution in [2.45, 2.75) is 45.6 Å². The SMILES string of the molecule is CCSCC(NC(=O)OC(C)(C)C)C(O)O. The molecule has 0 spiro atoms. The maximum atomic E-state index is 11.4. The van der Waals surface area contributed by atoms with E-state index in [1.165, 1.54) is 11.8 Å². The fraction of sp³-hybridized carbons (Fsp3) is 0.900. The molecule has 0 bridgehead atoms. The highest BCUT2D eigenvalue weighted by atomic mass is 32.2. The summed E-state index contributed by atoms with van der Waals surface area (Å²) >= 11 is 1.51. The Bertz CT molecular complexity index is 215. The van der Waals surface area contributed by atoms with E-state index in [1.807, 2.05) is 6.92 Å². The lowest BCUT2D eigenvalue weighted by molar-refractivity contribution is -0.0626. The third kappa shape index (κ3) is 7.78. The first-order valence-electron chi connectivity index (χ1n) is 5.19. The van der Waals surface area contributed by atoms with Crippen molar-refractivity contribution >= 4 is 17.9 Å². The van der Waals surface area contributed by atoms with E-state index in [-0.39, 0.29) is 0 Å². The van der Waals surface area contributed by atoms with Crippen LogP contribution in [0.1, 0.15) is 27.7 Å². The zero-order valence-electron chi connectivity index (χ0n) is 10.2. The van der Waals surface area contributed by atoms with Crippen LogP contribution in [-0.2, 0) is 4.74 Å². The minimum Gasteiger partial charge on any atom is -0.444 e. The molecule has 0 rings (SSSR count). The van der Waals surface area contributed by atoms with Crippen LogP contribution >= 0.6 is 11.8 Å². The van der Waals surface area contributed by atoms with E-state index in [1.54, 1.807) is 20.8 Å². The molecular formula is C10H21NO4S. The maximum Gasteiger partial charge on any atom is 0.408 e. The number of hydrogen-bond donors (Lipinski definition) is 3. The molecule has 3 N–H and O–H groups in total. The summed E-state index contributed by atoms with van der Waals surface area (Å²) in [6, 6.07) is -0.709. The number of aliphatic hydroxyl groups is 2. The maximum absolute atomic E-state index is 11.4. The van der Waals surface area contributed by atoms with Gasteiger partial charge in [-0.3, -0.25) is 0 Å². The Morgan fingerprint density at radius 3 is 2.38 bits per heavy atom. The quantitative estimate of drug-likeness (QED) is 0.634. The molecule has 0 heterocycles. The summed E-state index contributed by atoms with van der Waals surface area (Å²) in [4.78, 5) is 11.4.